The fourth-order valence-electron chi connectivity index (χ4n) is 2.86. The molecule has 2 aromatic heterocycles. The molecule has 2 heterocycles. The van der Waals surface area contributed by atoms with E-state index in [9.17, 15) is 4.39 Å². The van der Waals surface area contributed by atoms with Crippen LogP contribution in [0.1, 0.15) is 0 Å². The smallest absolute Gasteiger partial charge is 0.157 e. The Morgan fingerprint density at radius 1 is 0.833 bits per heavy atom. The third kappa shape index (κ3) is 2.07. The first-order valence-electron chi connectivity index (χ1n) is 7.35. The van der Waals surface area contributed by atoms with Crippen LogP contribution in [0.4, 0.5) is 14.6 Å². The van der Waals surface area contributed by atoms with Crippen LogP contribution >= 0.6 is 0 Å². The minimum absolute atomic E-state index is 0.209. The second kappa shape index (κ2) is 5.49. The number of benzene rings is 2. The molecule has 0 saturated heterocycles. The molecule has 0 radical (unpaired) electrons. The molecule has 0 aliphatic heterocycles. The van der Waals surface area contributed by atoms with E-state index in [0.717, 1.165) is 0 Å². The highest BCUT2D eigenvalue weighted by molar-refractivity contribution is 5.98. The zero-order chi connectivity index (χ0) is 16.7. The van der Waals surface area contributed by atoms with Crippen LogP contribution in [0.25, 0.3) is 32.9 Å². The first kappa shape index (κ1) is 14.4. The number of nitrogens with zero attached hydrogens (tertiary/aromatic N) is 3. The van der Waals surface area contributed by atoms with E-state index in [2.05, 4.69) is 20.3 Å². The first-order valence-corrected chi connectivity index (χ1v) is 7.35. The average molecular weight is 322 g/mol. The van der Waals surface area contributed by atoms with Crippen molar-refractivity contribution in [3.8, 4) is 11.1 Å². The third-order valence-corrected chi connectivity index (χ3v) is 3.99. The molecule has 0 aliphatic carbocycles. The van der Waals surface area contributed by atoms with Crippen LogP contribution in [0.2, 0.25) is 0 Å². The maximum Gasteiger partial charge on any atom is 0.157 e. The van der Waals surface area contributed by atoms with Gasteiger partial charge in [-0.3, -0.25) is 4.98 Å². The van der Waals surface area contributed by atoms with Gasteiger partial charge in [-0.15, -0.1) is 0 Å². The normalized spacial score (nSPS) is 11.1. The van der Waals surface area contributed by atoms with Gasteiger partial charge in [-0.2, -0.15) is 0 Å². The van der Waals surface area contributed by atoms with E-state index >= 15 is 4.39 Å². The van der Waals surface area contributed by atoms with Crippen molar-refractivity contribution in [3.63, 3.8) is 0 Å². The highest BCUT2D eigenvalue weighted by Crippen LogP contribution is 2.34. The van der Waals surface area contributed by atoms with Gasteiger partial charge in [-0.1, -0.05) is 6.07 Å². The van der Waals surface area contributed by atoms with Gasteiger partial charge in [0.15, 0.2) is 5.82 Å². The van der Waals surface area contributed by atoms with E-state index in [0.29, 0.717) is 33.2 Å². The van der Waals surface area contributed by atoms with Gasteiger partial charge in [-0.05, 0) is 30.3 Å². The molecule has 4 aromatic rings. The average Bonchev–Trinajstić information content (AvgIpc) is 2.63. The van der Waals surface area contributed by atoms with Gasteiger partial charge in [0.25, 0.3) is 0 Å². The predicted octanol–water partition coefficient (Wildman–Crippen LogP) is 4.16. The molecule has 0 amide bonds. The molecule has 118 valence electrons. The number of fused-ring (bicyclic) bond motifs is 2. The molecule has 0 spiro atoms. The number of anilines is 1. The maximum absolute atomic E-state index is 15.1. The van der Waals surface area contributed by atoms with E-state index in [-0.39, 0.29) is 11.3 Å². The van der Waals surface area contributed by atoms with Gasteiger partial charge < -0.3 is 5.32 Å². The summed E-state index contributed by atoms with van der Waals surface area (Å²) in [4.78, 5) is 12.4. The first-order chi connectivity index (χ1) is 11.7. The summed E-state index contributed by atoms with van der Waals surface area (Å²) < 4.78 is 29.0. The lowest BCUT2D eigenvalue weighted by Gasteiger charge is -2.11. The molecule has 24 heavy (non-hydrogen) atoms. The van der Waals surface area contributed by atoms with Crippen molar-refractivity contribution in [1.29, 1.82) is 0 Å². The second-order valence-electron chi connectivity index (χ2n) is 5.29. The molecule has 1 N–H and O–H groups in total. The standard InChI is InChI=1S/C18H12F2N4/c1-21-18-13-5-4-10(15(20)17(13)23-9-24-18)11-6-7-14(19)12-3-2-8-22-16(11)12/h2-9H,1H3,(H,21,23,24). The molecule has 0 unspecified atom stereocenters. The molecular weight excluding hydrogens is 310 g/mol. The topological polar surface area (TPSA) is 50.7 Å². The van der Waals surface area contributed by atoms with Crippen molar-refractivity contribution in [2.24, 2.45) is 0 Å². The lowest BCUT2D eigenvalue weighted by molar-refractivity contribution is 0.637. The molecule has 0 aliphatic rings. The van der Waals surface area contributed by atoms with Crippen LogP contribution in [0.3, 0.4) is 0 Å². The number of aromatic nitrogens is 3. The summed E-state index contributed by atoms with van der Waals surface area (Å²) in [5, 5.41) is 3.85. The summed E-state index contributed by atoms with van der Waals surface area (Å²) in [6.07, 6.45) is 2.87. The third-order valence-electron chi connectivity index (χ3n) is 3.99. The Bertz CT molecular complexity index is 1080. The number of hydrogen-bond donors (Lipinski definition) is 1. The Morgan fingerprint density at radius 2 is 1.67 bits per heavy atom. The van der Waals surface area contributed by atoms with Crippen LogP contribution in [0.5, 0.6) is 0 Å². The minimum Gasteiger partial charge on any atom is -0.373 e. The van der Waals surface area contributed by atoms with Crippen LogP contribution < -0.4 is 5.32 Å². The number of halogens is 2. The molecule has 6 heteroatoms. The van der Waals surface area contributed by atoms with Crippen LogP contribution in [0, 0.1) is 11.6 Å². The molecule has 4 nitrogen and oxygen atoms in total. The second-order valence-corrected chi connectivity index (χ2v) is 5.29. The zero-order valence-electron chi connectivity index (χ0n) is 12.7. The summed E-state index contributed by atoms with van der Waals surface area (Å²) in [6.45, 7) is 0. The zero-order valence-corrected chi connectivity index (χ0v) is 12.7. The van der Waals surface area contributed by atoms with Gasteiger partial charge in [-0.25, -0.2) is 18.7 Å². The molecule has 2 aromatic carbocycles. The fraction of sp³-hybridized carbons (Fsp3) is 0.0556. The molecule has 0 fully saturated rings. The molecule has 4 rings (SSSR count). The Labute approximate surface area is 136 Å². The molecule has 0 saturated carbocycles. The van der Waals surface area contributed by atoms with Crippen molar-refractivity contribution in [2.45, 2.75) is 0 Å². The largest absolute Gasteiger partial charge is 0.373 e. The summed E-state index contributed by atoms with van der Waals surface area (Å²) in [5.41, 5.74) is 1.47. The Balaban J connectivity index is 2.05. The predicted molar refractivity (Wildman–Crippen MR) is 89.7 cm³/mol. The van der Waals surface area contributed by atoms with E-state index in [4.69, 9.17) is 0 Å². The summed E-state index contributed by atoms with van der Waals surface area (Å²) in [6, 6.07) is 9.53. The summed E-state index contributed by atoms with van der Waals surface area (Å²) in [5.74, 6) is -0.319. The lowest BCUT2D eigenvalue weighted by atomic mass is 9.99. The lowest BCUT2D eigenvalue weighted by Crippen LogP contribution is -1.98. The van der Waals surface area contributed by atoms with Crippen molar-refractivity contribution in [3.05, 3.63) is 60.6 Å². The molecule has 0 bridgehead atoms. The van der Waals surface area contributed by atoms with E-state index in [1.165, 1.54) is 18.5 Å². The number of nitrogens with one attached hydrogen (secondary N) is 1. The SMILES string of the molecule is CNc1ncnc2c(F)c(-c3ccc(F)c4cccnc34)ccc12. The van der Waals surface area contributed by atoms with Gasteiger partial charge in [0.2, 0.25) is 0 Å². The Kier molecular flexibility index (Phi) is 3.30. The number of hydrogen-bond acceptors (Lipinski definition) is 4. The Hall–Kier alpha value is -3.15. The van der Waals surface area contributed by atoms with Gasteiger partial charge in [0.05, 0.1) is 5.52 Å². The van der Waals surface area contributed by atoms with E-state index in [1.807, 2.05) is 0 Å². The van der Waals surface area contributed by atoms with Crippen molar-refractivity contribution in [2.75, 3.05) is 12.4 Å². The van der Waals surface area contributed by atoms with Crippen LogP contribution in [-0.2, 0) is 0 Å². The molecular formula is C18H12F2N4. The van der Waals surface area contributed by atoms with Crippen LogP contribution in [0.15, 0.2) is 48.9 Å². The van der Waals surface area contributed by atoms with Crippen molar-refractivity contribution < 1.29 is 8.78 Å². The Morgan fingerprint density at radius 3 is 2.50 bits per heavy atom. The van der Waals surface area contributed by atoms with Gasteiger partial charge >= 0.3 is 0 Å². The van der Waals surface area contributed by atoms with E-state index < -0.39 is 5.82 Å². The van der Waals surface area contributed by atoms with Crippen molar-refractivity contribution in [1.82, 2.24) is 15.0 Å². The van der Waals surface area contributed by atoms with E-state index in [1.54, 1.807) is 37.5 Å². The monoisotopic (exact) mass is 322 g/mol. The minimum atomic E-state index is -0.482. The molecule has 0 atom stereocenters. The van der Waals surface area contributed by atoms with Gasteiger partial charge in [0.1, 0.15) is 23.5 Å². The quantitative estimate of drug-likeness (QED) is 0.602. The number of rotatable bonds is 2. The summed E-state index contributed by atoms with van der Waals surface area (Å²) >= 11 is 0. The number of pyridine rings is 1. The maximum atomic E-state index is 15.1. The van der Waals surface area contributed by atoms with Crippen LogP contribution in [-0.4, -0.2) is 22.0 Å². The highest BCUT2D eigenvalue weighted by Gasteiger charge is 2.16. The van der Waals surface area contributed by atoms with Gasteiger partial charge in [0, 0.05) is 35.1 Å². The van der Waals surface area contributed by atoms with Crippen molar-refractivity contribution >= 4 is 27.6 Å². The fourth-order valence-corrected chi connectivity index (χ4v) is 2.86. The summed E-state index contributed by atoms with van der Waals surface area (Å²) in [7, 11) is 1.71. The highest BCUT2D eigenvalue weighted by atomic mass is 19.1.